The van der Waals surface area contributed by atoms with Crippen LogP contribution in [0.5, 0.6) is 0 Å². The van der Waals surface area contributed by atoms with Gasteiger partial charge >= 0.3 is 0 Å². The largest absolute Gasteiger partial charge is 0.192 e. The molecule has 0 spiro atoms. The Morgan fingerprint density at radius 3 is 2.58 bits per heavy atom. The van der Waals surface area contributed by atoms with Crippen LogP contribution in [0.3, 0.4) is 0 Å². The van der Waals surface area contributed by atoms with Gasteiger partial charge in [0.05, 0.1) is 0 Å². The zero-order chi connectivity index (χ0) is 9.03. The van der Waals surface area contributed by atoms with Crippen molar-refractivity contribution < 1.29 is 0 Å². The molecule has 12 heavy (non-hydrogen) atoms. The second-order valence-electron chi connectivity index (χ2n) is 3.05. The van der Waals surface area contributed by atoms with Crippen molar-refractivity contribution in [2.24, 2.45) is 0 Å². The standard InChI is InChI=1S/C9H10N2S/c1-9(3-2-4-12-9)5-8(6-10)7-11/h5H,2-4H2,1H3. The van der Waals surface area contributed by atoms with Gasteiger partial charge in [0.15, 0.2) is 0 Å². The lowest BCUT2D eigenvalue weighted by molar-refractivity contribution is 0.722. The molecule has 0 aromatic heterocycles. The zero-order valence-corrected chi connectivity index (χ0v) is 7.82. The van der Waals surface area contributed by atoms with Crippen molar-refractivity contribution >= 4 is 11.8 Å². The van der Waals surface area contributed by atoms with Gasteiger partial charge in [-0.25, -0.2) is 0 Å². The average Bonchev–Trinajstić information content (AvgIpc) is 2.48. The molecule has 0 N–H and O–H groups in total. The topological polar surface area (TPSA) is 47.6 Å². The second kappa shape index (κ2) is 3.65. The molecule has 1 fully saturated rings. The highest BCUT2D eigenvalue weighted by molar-refractivity contribution is 8.01. The van der Waals surface area contributed by atoms with E-state index >= 15 is 0 Å². The SMILES string of the molecule is CC1(C=C(C#N)C#N)CCCS1. The Kier molecular flexibility index (Phi) is 2.78. The third-order valence-electron chi connectivity index (χ3n) is 1.94. The highest BCUT2D eigenvalue weighted by Crippen LogP contribution is 2.39. The molecule has 62 valence electrons. The van der Waals surface area contributed by atoms with Crippen molar-refractivity contribution in [3.63, 3.8) is 0 Å². The molecule has 2 nitrogen and oxygen atoms in total. The summed E-state index contributed by atoms with van der Waals surface area (Å²) in [4.78, 5) is 0. The zero-order valence-electron chi connectivity index (χ0n) is 7.00. The summed E-state index contributed by atoms with van der Waals surface area (Å²) in [6.45, 7) is 2.08. The maximum absolute atomic E-state index is 8.55. The molecule has 1 aliphatic rings. The van der Waals surface area contributed by atoms with Crippen molar-refractivity contribution in [1.82, 2.24) is 0 Å². The number of thioether (sulfide) groups is 1. The van der Waals surface area contributed by atoms with Crippen LogP contribution in [0, 0.1) is 22.7 Å². The van der Waals surface area contributed by atoms with Crippen LogP contribution >= 0.6 is 11.8 Å². The highest BCUT2D eigenvalue weighted by atomic mass is 32.2. The predicted molar refractivity (Wildman–Crippen MR) is 49.4 cm³/mol. The van der Waals surface area contributed by atoms with Gasteiger partial charge in [-0.05, 0) is 31.6 Å². The van der Waals surface area contributed by atoms with E-state index in [4.69, 9.17) is 10.5 Å². The molecule has 1 aliphatic heterocycles. The fourth-order valence-corrected chi connectivity index (χ4v) is 2.55. The summed E-state index contributed by atoms with van der Waals surface area (Å²) in [5, 5.41) is 17.1. The smallest absolute Gasteiger partial charge is 0.127 e. The van der Waals surface area contributed by atoms with Crippen LogP contribution in [-0.2, 0) is 0 Å². The summed E-state index contributed by atoms with van der Waals surface area (Å²) in [6.07, 6.45) is 4.05. The molecule has 1 heterocycles. The van der Waals surface area contributed by atoms with Crippen LogP contribution in [0.15, 0.2) is 11.6 Å². The molecule has 0 aliphatic carbocycles. The first-order valence-corrected chi connectivity index (χ1v) is 4.86. The number of nitriles is 2. The van der Waals surface area contributed by atoms with E-state index in [0.717, 1.165) is 12.2 Å². The molecular weight excluding hydrogens is 168 g/mol. The first-order chi connectivity index (χ1) is 5.70. The third-order valence-corrected chi connectivity index (χ3v) is 3.41. The maximum Gasteiger partial charge on any atom is 0.127 e. The highest BCUT2D eigenvalue weighted by Gasteiger charge is 2.27. The Morgan fingerprint density at radius 2 is 2.17 bits per heavy atom. The van der Waals surface area contributed by atoms with Crippen LogP contribution < -0.4 is 0 Å². The Bertz CT molecular complexity index is 258. The third kappa shape index (κ3) is 2.03. The van der Waals surface area contributed by atoms with Crippen LogP contribution in [0.2, 0.25) is 0 Å². The fraction of sp³-hybridized carbons (Fsp3) is 0.556. The summed E-state index contributed by atoms with van der Waals surface area (Å²) >= 11 is 1.83. The lowest BCUT2D eigenvalue weighted by atomic mass is 10.0. The first kappa shape index (κ1) is 9.16. The van der Waals surface area contributed by atoms with Crippen molar-refractivity contribution in [2.75, 3.05) is 5.75 Å². The summed E-state index contributed by atoms with van der Waals surface area (Å²) in [5.74, 6) is 1.14. The summed E-state index contributed by atoms with van der Waals surface area (Å²) < 4.78 is 0.0286. The normalized spacial score (nSPS) is 27.2. The van der Waals surface area contributed by atoms with Gasteiger partial charge in [-0.2, -0.15) is 22.3 Å². The van der Waals surface area contributed by atoms with E-state index in [1.54, 1.807) is 6.08 Å². The molecule has 1 atom stereocenters. The van der Waals surface area contributed by atoms with Gasteiger partial charge in [0.2, 0.25) is 0 Å². The van der Waals surface area contributed by atoms with E-state index in [-0.39, 0.29) is 10.3 Å². The van der Waals surface area contributed by atoms with Gasteiger partial charge in [0.1, 0.15) is 17.7 Å². The summed E-state index contributed by atoms with van der Waals surface area (Å²) in [6, 6.07) is 3.78. The van der Waals surface area contributed by atoms with Gasteiger partial charge in [0, 0.05) is 4.75 Å². The van der Waals surface area contributed by atoms with Crippen molar-refractivity contribution in [1.29, 1.82) is 10.5 Å². The molecule has 1 rings (SSSR count). The molecule has 0 aromatic carbocycles. The Balaban J connectivity index is 2.79. The average molecular weight is 178 g/mol. The molecule has 0 radical (unpaired) electrons. The Morgan fingerprint density at radius 1 is 1.50 bits per heavy atom. The quantitative estimate of drug-likeness (QED) is 0.578. The molecular formula is C9H10N2S. The minimum absolute atomic E-state index is 0.0286. The van der Waals surface area contributed by atoms with Crippen LogP contribution in [0.25, 0.3) is 0 Å². The van der Waals surface area contributed by atoms with Gasteiger partial charge < -0.3 is 0 Å². The van der Waals surface area contributed by atoms with Crippen molar-refractivity contribution in [2.45, 2.75) is 24.5 Å². The Labute approximate surface area is 76.9 Å². The molecule has 0 aromatic rings. The number of nitrogens with zero attached hydrogens (tertiary/aromatic N) is 2. The monoisotopic (exact) mass is 178 g/mol. The number of rotatable bonds is 1. The van der Waals surface area contributed by atoms with Crippen LogP contribution in [0.1, 0.15) is 19.8 Å². The summed E-state index contributed by atoms with van der Waals surface area (Å²) in [7, 11) is 0. The minimum Gasteiger partial charge on any atom is -0.192 e. The Hall–Kier alpha value is -0.930. The van der Waals surface area contributed by atoms with Crippen LogP contribution in [-0.4, -0.2) is 10.5 Å². The number of hydrogen-bond acceptors (Lipinski definition) is 3. The minimum atomic E-state index is 0.0286. The molecule has 3 heteroatoms. The van der Waals surface area contributed by atoms with Crippen molar-refractivity contribution in [3.05, 3.63) is 11.6 Å². The molecule has 1 saturated heterocycles. The van der Waals surface area contributed by atoms with Gasteiger partial charge in [-0.1, -0.05) is 0 Å². The van der Waals surface area contributed by atoms with E-state index in [1.807, 2.05) is 23.9 Å². The molecule has 0 amide bonds. The predicted octanol–water partition coefficient (Wildman–Crippen LogP) is 2.25. The fourth-order valence-electron chi connectivity index (χ4n) is 1.31. The van der Waals surface area contributed by atoms with E-state index in [0.29, 0.717) is 0 Å². The van der Waals surface area contributed by atoms with Crippen molar-refractivity contribution in [3.8, 4) is 12.1 Å². The lowest BCUT2D eigenvalue weighted by Gasteiger charge is -2.16. The number of allylic oxidation sites excluding steroid dienone is 1. The summed E-state index contributed by atoms with van der Waals surface area (Å²) in [5.41, 5.74) is 0.243. The second-order valence-corrected chi connectivity index (χ2v) is 4.68. The lowest BCUT2D eigenvalue weighted by Crippen LogP contribution is -2.11. The molecule has 1 unspecified atom stereocenters. The molecule has 0 bridgehead atoms. The first-order valence-electron chi connectivity index (χ1n) is 3.87. The van der Waals surface area contributed by atoms with Crippen LogP contribution in [0.4, 0.5) is 0 Å². The van der Waals surface area contributed by atoms with Gasteiger partial charge in [-0.15, -0.1) is 0 Å². The number of hydrogen-bond donors (Lipinski definition) is 0. The molecule has 0 saturated carbocycles. The van der Waals surface area contributed by atoms with E-state index in [2.05, 4.69) is 6.92 Å². The van der Waals surface area contributed by atoms with E-state index in [1.165, 1.54) is 6.42 Å². The van der Waals surface area contributed by atoms with Gasteiger partial charge in [0.25, 0.3) is 0 Å². The maximum atomic E-state index is 8.55. The van der Waals surface area contributed by atoms with E-state index < -0.39 is 0 Å². The van der Waals surface area contributed by atoms with Gasteiger partial charge in [-0.3, -0.25) is 0 Å². The van der Waals surface area contributed by atoms with E-state index in [9.17, 15) is 0 Å².